The number of esters is 2. The predicted molar refractivity (Wildman–Crippen MR) is 95.5 cm³/mol. The van der Waals surface area contributed by atoms with Gasteiger partial charge in [-0.1, -0.05) is 57.3 Å². The van der Waals surface area contributed by atoms with Crippen LogP contribution in [0.4, 0.5) is 0 Å². The van der Waals surface area contributed by atoms with Crippen LogP contribution in [-0.4, -0.2) is 25.2 Å². The first-order chi connectivity index (χ1) is 11.6. The highest BCUT2D eigenvalue weighted by molar-refractivity contribution is 6.07. The van der Waals surface area contributed by atoms with Crippen LogP contribution in [0.1, 0.15) is 65.7 Å². The maximum Gasteiger partial charge on any atom is 0.339 e. The Balaban J connectivity index is 2.72. The van der Waals surface area contributed by atoms with Crippen LogP contribution in [0.3, 0.4) is 0 Å². The molecule has 134 valence electrons. The van der Waals surface area contributed by atoms with E-state index in [9.17, 15) is 9.59 Å². The van der Waals surface area contributed by atoms with Gasteiger partial charge in [-0.25, -0.2) is 9.59 Å². The number of hydrogen-bond acceptors (Lipinski definition) is 4. The molecule has 0 aromatic rings. The lowest BCUT2D eigenvalue weighted by atomic mass is 10.0. The van der Waals surface area contributed by atoms with Crippen LogP contribution in [0.5, 0.6) is 0 Å². The van der Waals surface area contributed by atoms with Crippen LogP contribution in [0.25, 0.3) is 0 Å². The van der Waals surface area contributed by atoms with Crippen molar-refractivity contribution in [2.75, 3.05) is 13.2 Å². The van der Waals surface area contributed by atoms with Gasteiger partial charge in [-0.3, -0.25) is 0 Å². The van der Waals surface area contributed by atoms with Crippen molar-refractivity contribution in [3.8, 4) is 0 Å². The molecule has 1 aliphatic rings. The van der Waals surface area contributed by atoms with Crippen LogP contribution in [0.15, 0.2) is 34.9 Å². The summed E-state index contributed by atoms with van der Waals surface area (Å²) in [6, 6.07) is 0. The third kappa shape index (κ3) is 7.16. The Morgan fingerprint density at radius 3 is 1.96 bits per heavy atom. The van der Waals surface area contributed by atoms with Gasteiger partial charge in [0.1, 0.15) is 0 Å². The Kier molecular flexibility index (Phi) is 9.81. The summed E-state index contributed by atoms with van der Waals surface area (Å²) in [7, 11) is 0. The minimum Gasteiger partial charge on any atom is -0.462 e. The summed E-state index contributed by atoms with van der Waals surface area (Å²) >= 11 is 0. The van der Waals surface area contributed by atoms with Crippen molar-refractivity contribution in [1.29, 1.82) is 0 Å². The molecular weight excluding hydrogens is 304 g/mol. The van der Waals surface area contributed by atoms with Gasteiger partial charge in [0.05, 0.1) is 24.4 Å². The van der Waals surface area contributed by atoms with Gasteiger partial charge in [-0.2, -0.15) is 0 Å². The largest absolute Gasteiger partial charge is 0.462 e. The summed E-state index contributed by atoms with van der Waals surface area (Å²) < 4.78 is 10.6. The summed E-state index contributed by atoms with van der Waals surface area (Å²) in [5, 5.41) is 0. The topological polar surface area (TPSA) is 52.6 Å². The van der Waals surface area contributed by atoms with E-state index in [4.69, 9.17) is 9.47 Å². The molecule has 0 N–H and O–H groups in total. The zero-order valence-corrected chi connectivity index (χ0v) is 15.2. The molecule has 0 heterocycles. The van der Waals surface area contributed by atoms with E-state index < -0.39 is 11.9 Å². The number of ether oxygens (including phenoxy) is 2. The van der Waals surface area contributed by atoms with Crippen molar-refractivity contribution < 1.29 is 19.1 Å². The molecule has 1 aliphatic carbocycles. The molecule has 0 saturated heterocycles. The zero-order chi connectivity index (χ0) is 17.8. The lowest BCUT2D eigenvalue weighted by molar-refractivity contribution is -0.142. The first kappa shape index (κ1) is 20.2. The summed E-state index contributed by atoms with van der Waals surface area (Å²) in [6.45, 7) is 6.87. The molecule has 0 bridgehead atoms. The van der Waals surface area contributed by atoms with Crippen molar-refractivity contribution in [3.63, 3.8) is 0 Å². The second-order valence-electron chi connectivity index (χ2n) is 6.05. The second kappa shape index (κ2) is 11.7. The van der Waals surface area contributed by atoms with Gasteiger partial charge in [0.2, 0.25) is 0 Å². The average Bonchev–Trinajstić information content (AvgIpc) is 2.77. The van der Waals surface area contributed by atoms with E-state index in [1.807, 2.05) is 13.0 Å². The second-order valence-corrected chi connectivity index (χ2v) is 6.05. The van der Waals surface area contributed by atoms with Crippen LogP contribution in [0.2, 0.25) is 0 Å². The molecule has 0 radical (unpaired) electrons. The number of unbranched alkanes of at least 4 members (excludes halogenated alkanes) is 4. The van der Waals surface area contributed by atoms with Crippen LogP contribution in [-0.2, 0) is 19.1 Å². The molecule has 24 heavy (non-hydrogen) atoms. The third-order valence-corrected chi connectivity index (χ3v) is 3.83. The smallest absolute Gasteiger partial charge is 0.339 e. The van der Waals surface area contributed by atoms with E-state index in [0.717, 1.165) is 44.1 Å². The first-order valence-electron chi connectivity index (χ1n) is 9.03. The highest BCUT2D eigenvalue weighted by Gasteiger charge is 2.24. The fourth-order valence-electron chi connectivity index (χ4n) is 2.39. The maximum atomic E-state index is 12.4. The molecule has 1 rings (SSSR count). The van der Waals surface area contributed by atoms with Gasteiger partial charge in [-0.05, 0) is 32.3 Å². The van der Waals surface area contributed by atoms with Gasteiger partial charge in [-0.15, -0.1) is 0 Å². The maximum absolute atomic E-state index is 12.4. The summed E-state index contributed by atoms with van der Waals surface area (Å²) in [5.74, 6) is -0.886. The molecule has 0 aromatic heterocycles. The molecule has 0 unspecified atom stereocenters. The van der Waals surface area contributed by atoms with E-state index in [0.29, 0.717) is 30.8 Å². The summed E-state index contributed by atoms with van der Waals surface area (Å²) in [6.07, 6.45) is 11.9. The Morgan fingerprint density at radius 2 is 1.42 bits per heavy atom. The number of rotatable bonds is 10. The minimum atomic E-state index is -0.447. The molecule has 0 aliphatic heterocycles. The number of carbonyl (C=O) groups excluding carboxylic acids is 2. The van der Waals surface area contributed by atoms with Crippen LogP contribution < -0.4 is 0 Å². The van der Waals surface area contributed by atoms with Gasteiger partial charge in [0.25, 0.3) is 0 Å². The standard InChI is InChI=1S/C20H30O4/c1-4-6-8-13-23-19(21)17-12-10-11-16(3)15-18(17)20(22)24-14-9-7-5-2/h11-12,15H,4-10,13-14H2,1-3H3. The monoisotopic (exact) mass is 334 g/mol. The van der Waals surface area contributed by atoms with E-state index in [1.165, 1.54) is 0 Å². The third-order valence-electron chi connectivity index (χ3n) is 3.83. The lowest BCUT2D eigenvalue weighted by Crippen LogP contribution is -2.18. The Hall–Kier alpha value is -1.84. The van der Waals surface area contributed by atoms with E-state index in [-0.39, 0.29) is 0 Å². The predicted octanol–water partition coefficient (Wildman–Crippen LogP) is 4.66. The Morgan fingerprint density at radius 1 is 0.875 bits per heavy atom. The van der Waals surface area contributed by atoms with Gasteiger partial charge in [0.15, 0.2) is 0 Å². The molecule has 0 atom stereocenters. The van der Waals surface area contributed by atoms with Gasteiger partial charge >= 0.3 is 11.9 Å². The molecule has 4 heteroatoms. The zero-order valence-electron chi connectivity index (χ0n) is 15.2. The van der Waals surface area contributed by atoms with Gasteiger partial charge in [0, 0.05) is 0 Å². The summed E-state index contributed by atoms with van der Waals surface area (Å²) in [4.78, 5) is 24.7. The van der Waals surface area contributed by atoms with Crippen LogP contribution in [0, 0.1) is 0 Å². The average molecular weight is 334 g/mol. The van der Waals surface area contributed by atoms with Crippen molar-refractivity contribution in [3.05, 3.63) is 34.9 Å². The molecule has 0 amide bonds. The SMILES string of the molecule is CCCCCOC(=O)C1=CCC=C(C)C=C1C(=O)OCCCCC. The minimum absolute atomic E-state index is 0.304. The fraction of sp³-hybridized carbons (Fsp3) is 0.600. The Labute approximate surface area is 145 Å². The number of hydrogen-bond donors (Lipinski definition) is 0. The van der Waals surface area contributed by atoms with E-state index >= 15 is 0 Å². The molecule has 0 saturated carbocycles. The van der Waals surface area contributed by atoms with E-state index in [2.05, 4.69) is 13.8 Å². The van der Waals surface area contributed by atoms with E-state index in [1.54, 1.807) is 12.2 Å². The number of carbonyl (C=O) groups is 2. The quantitative estimate of drug-likeness (QED) is 0.431. The Bertz CT molecular complexity index is 512. The van der Waals surface area contributed by atoms with Crippen molar-refractivity contribution in [2.45, 2.75) is 65.7 Å². The summed E-state index contributed by atoms with van der Waals surface area (Å²) in [5.41, 5.74) is 1.57. The molecule has 4 nitrogen and oxygen atoms in total. The van der Waals surface area contributed by atoms with Crippen molar-refractivity contribution in [1.82, 2.24) is 0 Å². The molecule has 0 fully saturated rings. The molecule has 0 spiro atoms. The van der Waals surface area contributed by atoms with Crippen molar-refractivity contribution in [2.24, 2.45) is 0 Å². The fourth-order valence-corrected chi connectivity index (χ4v) is 2.39. The molecule has 0 aromatic carbocycles. The van der Waals surface area contributed by atoms with Crippen molar-refractivity contribution >= 4 is 11.9 Å². The lowest BCUT2D eigenvalue weighted by Gasteiger charge is -2.11. The normalized spacial score (nSPS) is 14.2. The molecular formula is C20H30O4. The first-order valence-corrected chi connectivity index (χ1v) is 9.03. The van der Waals surface area contributed by atoms with Crippen LogP contribution >= 0.6 is 0 Å². The van der Waals surface area contributed by atoms with Gasteiger partial charge < -0.3 is 9.47 Å². The highest BCUT2D eigenvalue weighted by atomic mass is 16.5. The highest BCUT2D eigenvalue weighted by Crippen LogP contribution is 2.21. The number of allylic oxidation sites excluding steroid dienone is 4.